The zero-order valence-electron chi connectivity index (χ0n) is 9.05. The van der Waals surface area contributed by atoms with Gasteiger partial charge in [0, 0.05) is 0 Å². The Morgan fingerprint density at radius 3 is 2.65 bits per heavy atom. The van der Waals surface area contributed by atoms with Gasteiger partial charge in [-0.3, -0.25) is 0 Å². The van der Waals surface area contributed by atoms with Crippen molar-refractivity contribution in [1.82, 2.24) is 4.98 Å². The van der Waals surface area contributed by atoms with Crippen LogP contribution in [0.15, 0.2) is 53.6 Å². The normalized spacial score (nSPS) is 11.5. The molecule has 4 rings (SSSR count). The average molecular weight is 282 g/mol. The van der Waals surface area contributed by atoms with Crippen LogP contribution in [0.2, 0.25) is 0 Å². The fourth-order valence-electron chi connectivity index (χ4n) is 2.42. The molecule has 0 bridgehead atoms. The van der Waals surface area contributed by atoms with Crippen molar-refractivity contribution >= 4 is 45.8 Å². The number of aromatic nitrogens is 1. The molecule has 4 aromatic rings. The Morgan fingerprint density at radius 2 is 1.65 bits per heavy atom. The Balaban J connectivity index is 2.41. The van der Waals surface area contributed by atoms with Crippen LogP contribution in [0.5, 0.6) is 0 Å². The van der Waals surface area contributed by atoms with E-state index in [9.17, 15) is 0 Å². The standard InChI is InChI=1S/C15H9NSe/c1-2-4-12-10(3-1)5-6-11-7-8-13-15(14(11)12)16-9-17-13/h1-9H. The van der Waals surface area contributed by atoms with Gasteiger partial charge in [0.1, 0.15) is 0 Å². The predicted molar refractivity (Wildman–Crippen MR) is 73.7 cm³/mol. The van der Waals surface area contributed by atoms with Crippen molar-refractivity contribution in [3.8, 4) is 0 Å². The van der Waals surface area contributed by atoms with Gasteiger partial charge in [0.05, 0.1) is 0 Å². The van der Waals surface area contributed by atoms with Gasteiger partial charge >= 0.3 is 104 Å². The third-order valence-corrected chi connectivity index (χ3v) is 4.87. The summed E-state index contributed by atoms with van der Waals surface area (Å²) in [5.41, 5.74) is 1.19. The van der Waals surface area contributed by atoms with Crippen LogP contribution in [-0.4, -0.2) is 19.5 Å². The van der Waals surface area contributed by atoms with Gasteiger partial charge in [0.25, 0.3) is 0 Å². The average Bonchev–Trinajstić information content (AvgIpc) is 2.86. The van der Waals surface area contributed by atoms with E-state index in [2.05, 4.69) is 58.6 Å². The van der Waals surface area contributed by atoms with Crippen molar-refractivity contribution in [2.24, 2.45) is 0 Å². The summed E-state index contributed by atoms with van der Waals surface area (Å²) in [7, 11) is 0. The molecule has 0 aliphatic rings. The number of hydrogen-bond acceptors (Lipinski definition) is 1. The summed E-state index contributed by atoms with van der Waals surface area (Å²) in [6, 6.07) is 17.4. The van der Waals surface area contributed by atoms with E-state index in [0.717, 1.165) is 0 Å². The molecule has 0 fully saturated rings. The van der Waals surface area contributed by atoms with E-state index < -0.39 is 0 Å². The Hall–Kier alpha value is -1.63. The first kappa shape index (κ1) is 9.40. The summed E-state index contributed by atoms with van der Waals surface area (Å²) in [4.78, 5) is 4.58. The van der Waals surface area contributed by atoms with E-state index in [4.69, 9.17) is 0 Å². The maximum absolute atomic E-state index is 4.58. The van der Waals surface area contributed by atoms with Crippen LogP contribution in [0.1, 0.15) is 0 Å². The SMILES string of the molecule is c1ccc2c(c1)ccc1ccc3[se]cnc3c12. The molecule has 1 heterocycles. The first-order valence-corrected chi connectivity index (χ1v) is 7.42. The second kappa shape index (κ2) is 3.43. The van der Waals surface area contributed by atoms with E-state index >= 15 is 0 Å². The van der Waals surface area contributed by atoms with Crippen LogP contribution in [0.25, 0.3) is 31.3 Å². The van der Waals surface area contributed by atoms with Gasteiger partial charge in [-0.05, 0) is 0 Å². The van der Waals surface area contributed by atoms with E-state index in [1.165, 1.54) is 31.3 Å². The van der Waals surface area contributed by atoms with Crippen molar-refractivity contribution in [2.75, 3.05) is 0 Å². The van der Waals surface area contributed by atoms with Crippen LogP contribution < -0.4 is 0 Å². The summed E-state index contributed by atoms with van der Waals surface area (Å²) in [5, 5.41) is 7.28. The first-order valence-electron chi connectivity index (χ1n) is 5.57. The number of rotatable bonds is 0. The zero-order valence-corrected chi connectivity index (χ0v) is 10.8. The molecule has 0 N–H and O–H groups in total. The molecule has 0 amide bonds. The number of nitrogens with zero attached hydrogens (tertiary/aromatic N) is 1. The molecule has 0 spiro atoms. The molecule has 0 saturated carbocycles. The van der Waals surface area contributed by atoms with Crippen molar-refractivity contribution < 1.29 is 0 Å². The molecule has 0 atom stereocenters. The molecule has 0 radical (unpaired) electrons. The molecule has 0 aliphatic carbocycles. The minimum atomic E-state index is 0.417. The minimum absolute atomic E-state index is 0.417. The third kappa shape index (κ3) is 1.28. The quantitative estimate of drug-likeness (QED) is 0.355. The van der Waals surface area contributed by atoms with Crippen molar-refractivity contribution in [1.29, 1.82) is 0 Å². The van der Waals surface area contributed by atoms with Crippen LogP contribution in [0.3, 0.4) is 0 Å². The van der Waals surface area contributed by atoms with Crippen LogP contribution >= 0.6 is 0 Å². The monoisotopic (exact) mass is 283 g/mol. The van der Waals surface area contributed by atoms with Gasteiger partial charge in [-0.1, -0.05) is 0 Å². The number of benzene rings is 3. The molecule has 2 heteroatoms. The van der Waals surface area contributed by atoms with Crippen molar-refractivity contribution in [3.05, 3.63) is 53.6 Å². The summed E-state index contributed by atoms with van der Waals surface area (Å²) in [6.07, 6.45) is 0. The Labute approximate surface area is 104 Å². The topological polar surface area (TPSA) is 12.9 Å². The summed E-state index contributed by atoms with van der Waals surface area (Å²) < 4.78 is 1.40. The van der Waals surface area contributed by atoms with Crippen molar-refractivity contribution in [2.45, 2.75) is 0 Å². The van der Waals surface area contributed by atoms with E-state index in [-0.39, 0.29) is 0 Å². The second-order valence-corrected chi connectivity index (χ2v) is 6.01. The van der Waals surface area contributed by atoms with E-state index in [1.807, 2.05) is 0 Å². The van der Waals surface area contributed by atoms with E-state index in [0.29, 0.717) is 14.5 Å². The van der Waals surface area contributed by atoms with E-state index in [1.54, 1.807) is 0 Å². The van der Waals surface area contributed by atoms with Gasteiger partial charge in [0.2, 0.25) is 0 Å². The van der Waals surface area contributed by atoms with Gasteiger partial charge in [-0.15, -0.1) is 0 Å². The molecule has 3 aromatic carbocycles. The summed E-state index contributed by atoms with van der Waals surface area (Å²) in [6.45, 7) is 0. The molecule has 0 unspecified atom stereocenters. The summed E-state index contributed by atoms with van der Waals surface area (Å²) >= 11 is 0.417. The number of hydrogen-bond donors (Lipinski definition) is 0. The molecule has 80 valence electrons. The fraction of sp³-hybridized carbons (Fsp3) is 0. The Kier molecular flexibility index (Phi) is 1.90. The second-order valence-electron chi connectivity index (χ2n) is 4.15. The Bertz CT molecular complexity index is 845. The molecular weight excluding hydrogens is 273 g/mol. The van der Waals surface area contributed by atoms with Gasteiger partial charge in [-0.2, -0.15) is 0 Å². The number of fused-ring (bicyclic) bond motifs is 5. The van der Waals surface area contributed by atoms with Gasteiger partial charge < -0.3 is 0 Å². The van der Waals surface area contributed by atoms with Gasteiger partial charge in [0.15, 0.2) is 0 Å². The van der Waals surface area contributed by atoms with Crippen LogP contribution in [0, 0.1) is 0 Å². The maximum atomic E-state index is 4.58. The molecular formula is C15H9NSe. The molecule has 17 heavy (non-hydrogen) atoms. The predicted octanol–water partition coefficient (Wildman–Crippen LogP) is 3.60. The molecule has 1 nitrogen and oxygen atoms in total. The van der Waals surface area contributed by atoms with Crippen molar-refractivity contribution in [3.63, 3.8) is 0 Å². The van der Waals surface area contributed by atoms with Gasteiger partial charge in [-0.25, -0.2) is 0 Å². The van der Waals surface area contributed by atoms with Crippen LogP contribution in [-0.2, 0) is 0 Å². The fourth-order valence-corrected chi connectivity index (χ4v) is 3.85. The summed E-state index contributed by atoms with van der Waals surface area (Å²) in [5.74, 6) is 0. The molecule has 0 aliphatic heterocycles. The zero-order chi connectivity index (χ0) is 11.2. The first-order chi connectivity index (χ1) is 8.43. The molecule has 0 saturated heterocycles. The van der Waals surface area contributed by atoms with Crippen LogP contribution in [0.4, 0.5) is 0 Å². The Morgan fingerprint density at radius 1 is 0.824 bits per heavy atom. The third-order valence-electron chi connectivity index (χ3n) is 3.21. The molecule has 1 aromatic heterocycles.